The van der Waals surface area contributed by atoms with Gasteiger partial charge in [0.2, 0.25) is 0 Å². The van der Waals surface area contributed by atoms with E-state index >= 15 is 0 Å². The second-order valence-electron chi connectivity index (χ2n) is 6.00. The van der Waals surface area contributed by atoms with E-state index in [1.165, 1.54) is 19.2 Å². The maximum Gasteiger partial charge on any atom is 0.340 e. The highest BCUT2D eigenvalue weighted by atomic mass is 79.9. The van der Waals surface area contributed by atoms with Crippen molar-refractivity contribution >= 4 is 27.5 Å². The Morgan fingerprint density at radius 2 is 2.08 bits per heavy atom. The molecule has 0 aromatic heterocycles. The summed E-state index contributed by atoms with van der Waals surface area (Å²) in [5, 5.41) is 3.41. The normalized spacial score (nSPS) is 17.9. The minimum absolute atomic E-state index is 0.202. The fraction of sp³-hybridized carbons (Fsp3) is 0.500. The third kappa shape index (κ3) is 4.57. The van der Waals surface area contributed by atoms with E-state index in [-0.39, 0.29) is 11.9 Å². The monoisotopic (exact) mass is 399 g/mol. The molecule has 1 heterocycles. The number of carbonyl (C=O) groups excluding carboxylic acids is 1. The summed E-state index contributed by atoms with van der Waals surface area (Å²) in [5.74, 6) is -0.327. The molecule has 0 radical (unpaired) electrons. The third-order valence-electron chi connectivity index (χ3n) is 4.38. The van der Waals surface area contributed by atoms with Gasteiger partial charge in [0.05, 0.1) is 12.7 Å². The summed E-state index contributed by atoms with van der Waals surface area (Å²) in [6.07, 6.45) is 1.99. The number of allylic oxidation sites excluding steroid dienone is 1. The van der Waals surface area contributed by atoms with Gasteiger partial charge in [-0.1, -0.05) is 22.0 Å². The van der Waals surface area contributed by atoms with Crippen LogP contribution in [0.25, 0.3) is 5.57 Å². The second-order valence-corrected chi connectivity index (χ2v) is 6.85. The van der Waals surface area contributed by atoms with Crippen LogP contribution >= 0.6 is 15.9 Å². The first-order valence-corrected chi connectivity index (χ1v) is 8.82. The van der Waals surface area contributed by atoms with Crippen molar-refractivity contribution in [3.05, 3.63) is 39.7 Å². The highest BCUT2D eigenvalue weighted by Gasteiger charge is 2.24. The van der Waals surface area contributed by atoms with Crippen molar-refractivity contribution in [2.24, 2.45) is 5.92 Å². The first kappa shape index (κ1) is 18.9. The van der Waals surface area contributed by atoms with Crippen LogP contribution in [0.1, 0.15) is 32.3 Å². The van der Waals surface area contributed by atoms with Crippen molar-refractivity contribution in [1.29, 1.82) is 0 Å². The Kier molecular flexibility index (Phi) is 6.80. The number of hydrogen-bond donors (Lipinski definition) is 1. The van der Waals surface area contributed by atoms with Crippen LogP contribution in [-0.4, -0.2) is 32.3 Å². The van der Waals surface area contributed by atoms with Gasteiger partial charge >= 0.3 is 5.97 Å². The van der Waals surface area contributed by atoms with Gasteiger partial charge in [0, 0.05) is 35.0 Å². The molecule has 0 saturated carbocycles. The molecule has 4 nitrogen and oxygen atoms in total. The molecular formula is C18H23BrFNO3. The molecule has 1 fully saturated rings. The summed E-state index contributed by atoms with van der Waals surface area (Å²) in [4.78, 5) is 12.3. The fourth-order valence-electron chi connectivity index (χ4n) is 3.01. The summed E-state index contributed by atoms with van der Waals surface area (Å²) >= 11 is 3.33. The van der Waals surface area contributed by atoms with E-state index in [0.29, 0.717) is 27.2 Å². The molecule has 0 spiro atoms. The smallest absolute Gasteiger partial charge is 0.340 e. The van der Waals surface area contributed by atoms with Crippen molar-refractivity contribution in [1.82, 2.24) is 5.32 Å². The molecule has 1 N–H and O–H groups in total. The molecule has 6 heteroatoms. The molecule has 1 aromatic carbocycles. The van der Waals surface area contributed by atoms with Crippen molar-refractivity contribution in [3.8, 4) is 0 Å². The standard InChI is InChI=1S/C18H23BrFNO3/c1-11(13-6-8-24-9-7-13)21-12(2)17(18(22)23-3)15-5-4-14(20)10-16(15)19/h4-5,10-11,13,21H,6-9H2,1-3H3/b17-12-. The molecule has 1 saturated heterocycles. The summed E-state index contributed by atoms with van der Waals surface area (Å²) in [5.41, 5.74) is 1.73. The maximum absolute atomic E-state index is 13.4. The van der Waals surface area contributed by atoms with Crippen LogP contribution in [0.15, 0.2) is 28.4 Å². The van der Waals surface area contributed by atoms with Crippen LogP contribution < -0.4 is 5.32 Å². The SMILES string of the molecule is COC(=O)/C(=C(/C)NC(C)C1CCOCC1)c1ccc(F)cc1Br. The number of hydrogen-bond acceptors (Lipinski definition) is 4. The molecule has 24 heavy (non-hydrogen) atoms. The van der Waals surface area contributed by atoms with E-state index in [1.54, 1.807) is 6.07 Å². The fourth-order valence-corrected chi connectivity index (χ4v) is 3.56. The van der Waals surface area contributed by atoms with Crippen LogP contribution in [0.3, 0.4) is 0 Å². The summed E-state index contributed by atoms with van der Waals surface area (Å²) < 4.78 is 24.2. The van der Waals surface area contributed by atoms with Crippen LogP contribution in [0.2, 0.25) is 0 Å². The zero-order valence-electron chi connectivity index (χ0n) is 14.2. The number of ether oxygens (including phenoxy) is 2. The van der Waals surface area contributed by atoms with Gasteiger partial charge in [-0.05, 0) is 44.7 Å². The average molecular weight is 400 g/mol. The molecule has 132 valence electrons. The van der Waals surface area contributed by atoms with E-state index in [2.05, 4.69) is 28.2 Å². The summed E-state index contributed by atoms with van der Waals surface area (Å²) in [6, 6.07) is 4.45. The molecular weight excluding hydrogens is 377 g/mol. The quantitative estimate of drug-likeness (QED) is 0.602. The Bertz CT molecular complexity index is 627. The minimum Gasteiger partial charge on any atom is -0.465 e. The highest BCUT2D eigenvalue weighted by molar-refractivity contribution is 9.10. The lowest BCUT2D eigenvalue weighted by molar-refractivity contribution is -0.133. The number of methoxy groups -OCH3 is 1. The van der Waals surface area contributed by atoms with Gasteiger partial charge in [0.25, 0.3) is 0 Å². The number of nitrogens with one attached hydrogen (secondary N) is 1. The van der Waals surface area contributed by atoms with Crippen LogP contribution in [0.5, 0.6) is 0 Å². The average Bonchev–Trinajstić information content (AvgIpc) is 2.57. The van der Waals surface area contributed by atoms with Gasteiger partial charge in [-0.2, -0.15) is 0 Å². The van der Waals surface area contributed by atoms with E-state index < -0.39 is 5.97 Å². The van der Waals surface area contributed by atoms with Crippen molar-refractivity contribution in [2.45, 2.75) is 32.7 Å². The van der Waals surface area contributed by atoms with Gasteiger partial charge in [-0.25, -0.2) is 9.18 Å². The Hall–Kier alpha value is -1.40. The summed E-state index contributed by atoms with van der Waals surface area (Å²) in [7, 11) is 1.34. The predicted octanol–water partition coefficient (Wildman–Crippen LogP) is 3.90. The van der Waals surface area contributed by atoms with E-state index in [0.717, 1.165) is 26.1 Å². The minimum atomic E-state index is -0.452. The largest absolute Gasteiger partial charge is 0.465 e. The Labute approximate surface area is 150 Å². The highest BCUT2D eigenvalue weighted by Crippen LogP contribution is 2.29. The Balaban J connectivity index is 2.30. The molecule has 2 rings (SSSR count). The molecule has 1 unspecified atom stereocenters. The number of carbonyl (C=O) groups is 1. The molecule has 0 amide bonds. The Morgan fingerprint density at radius 3 is 2.67 bits per heavy atom. The number of benzene rings is 1. The van der Waals surface area contributed by atoms with Gasteiger partial charge in [0.15, 0.2) is 0 Å². The zero-order chi connectivity index (χ0) is 17.7. The van der Waals surface area contributed by atoms with Gasteiger partial charge in [-0.15, -0.1) is 0 Å². The van der Waals surface area contributed by atoms with Gasteiger partial charge < -0.3 is 14.8 Å². The van der Waals surface area contributed by atoms with E-state index in [9.17, 15) is 9.18 Å². The van der Waals surface area contributed by atoms with Crippen LogP contribution in [0.4, 0.5) is 4.39 Å². The van der Waals surface area contributed by atoms with Crippen molar-refractivity contribution in [2.75, 3.05) is 20.3 Å². The van der Waals surface area contributed by atoms with E-state index in [1.807, 2.05) is 6.92 Å². The number of rotatable bonds is 5. The maximum atomic E-state index is 13.4. The summed E-state index contributed by atoms with van der Waals surface area (Å²) in [6.45, 7) is 5.49. The molecule has 1 aliphatic heterocycles. The molecule has 1 aromatic rings. The van der Waals surface area contributed by atoms with E-state index in [4.69, 9.17) is 9.47 Å². The van der Waals surface area contributed by atoms with Gasteiger partial charge in [-0.3, -0.25) is 0 Å². The first-order valence-electron chi connectivity index (χ1n) is 8.03. The molecule has 0 bridgehead atoms. The van der Waals surface area contributed by atoms with Crippen molar-refractivity contribution in [3.63, 3.8) is 0 Å². The lowest BCUT2D eigenvalue weighted by atomic mass is 9.92. The first-order chi connectivity index (χ1) is 11.4. The van der Waals surface area contributed by atoms with Crippen molar-refractivity contribution < 1.29 is 18.7 Å². The predicted molar refractivity (Wildman–Crippen MR) is 94.9 cm³/mol. The third-order valence-corrected chi connectivity index (χ3v) is 5.04. The molecule has 1 atom stereocenters. The second kappa shape index (κ2) is 8.62. The Morgan fingerprint density at radius 1 is 1.42 bits per heavy atom. The molecule has 1 aliphatic rings. The lowest BCUT2D eigenvalue weighted by Gasteiger charge is -2.30. The lowest BCUT2D eigenvalue weighted by Crippen LogP contribution is -2.36. The van der Waals surface area contributed by atoms with Crippen LogP contribution in [-0.2, 0) is 14.3 Å². The topological polar surface area (TPSA) is 47.6 Å². The molecule has 0 aliphatic carbocycles. The number of halogens is 2. The van der Waals surface area contributed by atoms with Gasteiger partial charge in [0.1, 0.15) is 5.82 Å². The zero-order valence-corrected chi connectivity index (χ0v) is 15.8. The number of esters is 1. The van der Waals surface area contributed by atoms with Crippen LogP contribution in [0, 0.1) is 11.7 Å².